The van der Waals surface area contributed by atoms with Gasteiger partial charge in [-0.2, -0.15) is 25.8 Å². The molecular weight excluding hydrogens is 427 g/mol. The van der Waals surface area contributed by atoms with E-state index < -0.39 is 41.6 Å². The Bertz CT molecular complexity index is 553. The topological polar surface area (TPSA) is 89.6 Å². The zero-order valence-electron chi connectivity index (χ0n) is 16.5. The molecule has 0 aliphatic heterocycles. The van der Waals surface area contributed by atoms with Crippen LogP contribution in [0.3, 0.4) is 0 Å². The number of thioether (sulfide) groups is 1. The fraction of sp³-hybridized carbons (Fsp3) is 0.895. The minimum Gasteiger partial charge on any atom is -0.478 e. The molecule has 0 heterocycles. The highest BCUT2D eigenvalue weighted by molar-refractivity contribution is 7.99. The van der Waals surface area contributed by atoms with Crippen molar-refractivity contribution in [2.45, 2.75) is 63.3 Å². The van der Waals surface area contributed by atoms with Crippen molar-refractivity contribution >= 4 is 36.3 Å². The molecule has 0 aromatic carbocycles. The van der Waals surface area contributed by atoms with Crippen molar-refractivity contribution in [1.29, 1.82) is 0 Å². The smallest absolute Gasteiger partial charge is 0.397 e. The molecule has 168 valence electrons. The average molecular weight is 458 g/mol. The number of ether oxygens (including phenoxy) is 1. The lowest BCUT2D eigenvalue weighted by Gasteiger charge is -2.55. The highest BCUT2D eigenvalue weighted by Crippen LogP contribution is 2.54. The van der Waals surface area contributed by atoms with Gasteiger partial charge in [0.1, 0.15) is 0 Å². The molecule has 0 aromatic heterocycles. The number of alkyl halides is 3. The van der Waals surface area contributed by atoms with Crippen LogP contribution < -0.4 is 5.73 Å². The van der Waals surface area contributed by atoms with Crippen molar-refractivity contribution in [2.24, 2.45) is 29.4 Å². The summed E-state index contributed by atoms with van der Waals surface area (Å²) in [6.07, 6.45) is 2.61. The number of nitrogens with two attached hydrogens (primary N) is 1. The lowest BCUT2D eigenvalue weighted by atomic mass is 9.53. The van der Waals surface area contributed by atoms with Crippen LogP contribution in [-0.2, 0) is 14.3 Å². The second-order valence-corrected chi connectivity index (χ2v) is 10.2. The van der Waals surface area contributed by atoms with Gasteiger partial charge < -0.3 is 15.6 Å². The van der Waals surface area contributed by atoms with E-state index in [0.29, 0.717) is 17.3 Å². The Kier molecular flexibility index (Phi) is 8.61. The molecule has 4 aliphatic carbocycles. The van der Waals surface area contributed by atoms with Gasteiger partial charge in [-0.15, -0.1) is 11.8 Å². The van der Waals surface area contributed by atoms with Gasteiger partial charge in [0, 0.05) is 17.0 Å². The Morgan fingerprint density at radius 2 is 1.69 bits per heavy atom. The third-order valence-corrected chi connectivity index (χ3v) is 7.45. The van der Waals surface area contributed by atoms with Gasteiger partial charge in [0.15, 0.2) is 0 Å². The molecular formula is C19H30F3NO4S2. The fourth-order valence-corrected chi connectivity index (χ4v) is 5.87. The third kappa shape index (κ3) is 7.86. The largest absolute Gasteiger partial charge is 0.478 e. The molecule has 4 rings (SSSR count). The Hall–Kier alpha value is -0.610. The van der Waals surface area contributed by atoms with Gasteiger partial charge in [-0.25, -0.2) is 4.79 Å². The summed E-state index contributed by atoms with van der Waals surface area (Å²) in [5, 5.41) is 8.72. The van der Waals surface area contributed by atoms with Crippen LogP contribution in [0.5, 0.6) is 0 Å². The van der Waals surface area contributed by atoms with Crippen LogP contribution in [0.25, 0.3) is 0 Å². The van der Waals surface area contributed by atoms with Gasteiger partial charge >= 0.3 is 18.1 Å². The number of esters is 1. The van der Waals surface area contributed by atoms with E-state index in [1.807, 2.05) is 0 Å². The SMILES string of the molecule is C[C@H](CS)C(=O)O[C@@H](CSCC(F)(F)F)C(=O)O.NC12CC3CC(CC(C3)C1)C2. The third-order valence-electron chi connectivity index (χ3n) is 5.83. The molecule has 5 nitrogen and oxygen atoms in total. The van der Waals surface area contributed by atoms with E-state index in [-0.39, 0.29) is 5.75 Å². The van der Waals surface area contributed by atoms with E-state index in [0.717, 1.165) is 17.8 Å². The van der Waals surface area contributed by atoms with Crippen molar-refractivity contribution in [3.63, 3.8) is 0 Å². The number of carboxylic acid groups (broad SMARTS) is 1. The molecule has 29 heavy (non-hydrogen) atoms. The maximum atomic E-state index is 11.9. The summed E-state index contributed by atoms with van der Waals surface area (Å²) < 4.78 is 40.2. The first-order chi connectivity index (χ1) is 13.4. The molecule has 4 bridgehead atoms. The zero-order chi connectivity index (χ0) is 21.8. The van der Waals surface area contributed by atoms with Crippen LogP contribution in [0, 0.1) is 23.7 Å². The first kappa shape index (κ1) is 24.7. The standard InChI is InChI=1S/C10H17N.C9H13F3O4S2/c11-10-4-7-1-8(5-10)3-9(2-7)6-10;1-5(2-17)8(15)16-6(7(13)14)3-18-4-9(10,11)12/h7-9H,1-6,11H2;5-6,17H,2-4H2,1H3,(H,13,14)/t;5-,6+/m.1/s1. The predicted molar refractivity (Wildman–Crippen MR) is 109 cm³/mol. The molecule has 4 aliphatic rings. The summed E-state index contributed by atoms with van der Waals surface area (Å²) in [5.41, 5.74) is 6.62. The number of rotatable bonds is 7. The highest BCUT2D eigenvalue weighted by Gasteiger charge is 2.48. The lowest BCUT2D eigenvalue weighted by Crippen LogP contribution is -2.55. The van der Waals surface area contributed by atoms with E-state index in [1.54, 1.807) is 0 Å². The Balaban J connectivity index is 0.000000227. The summed E-state index contributed by atoms with van der Waals surface area (Å²) in [6.45, 7) is 1.48. The van der Waals surface area contributed by atoms with Crippen molar-refractivity contribution in [1.82, 2.24) is 0 Å². The van der Waals surface area contributed by atoms with Crippen molar-refractivity contribution in [3.8, 4) is 0 Å². The van der Waals surface area contributed by atoms with Gasteiger partial charge in [0.2, 0.25) is 6.10 Å². The van der Waals surface area contributed by atoms with Crippen LogP contribution in [0.2, 0.25) is 0 Å². The maximum Gasteiger partial charge on any atom is 0.397 e. The van der Waals surface area contributed by atoms with Gasteiger partial charge in [0.25, 0.3) is 0 Å². The molecule has 10 heteroatoms. The number of hydrogen-bond donors (Lipinski definition) is 3. The maximum absolute atomic E-state index is 11.9. The minimum atomic E-state index is -4.38. The highest BCUT2D eigenvalue weighted by atomic mass is 32.2. The van der Waals surface area contributed by atoms with Crippen LogP contribution in [0.1, 0.15) is 45.4 Å². The number of thiol groups is 1. The molecule has 0 unspecified atom stereocenters. The molecule has 4 saturated carbocycles. The Morgan fingerprint density at radius 3 is 2.03 bits per heavy atom. The van der Waals surface area contributed by atoms with E-state index in [2.05, 4.69) is 17.4 Å². The summed E-state index contributed by atoms with van der Waals surface area (Å²) in [4.78, 5) is 22.0. The quantitative estimate of drug-likeness (QED) is 0.398. The molecule has 0 spiro atoms. The first-order valence-electron chi connectivity index (χ1n) is 9.88. The van der Waals surface area contributed by atoms with Crippen LogP contribution in [-0.4, -0.2) is 52.1 Å². The number of hydrogen-bond acceptors (Lipinski definition) is 6. The van der Waals surface area contributed by atoms with Gasteiger partial charge in [-0.1, -0.05) is 6.92 Å². The van der Waals surface area contributed by atoms with Crippen LogP contribution >= 0.6 is 24.4 Å². The minimum absolute atomic E-state index is 0.168. The number of halogens is 3. The van der Waals surface area contributed by atoms with Crippen molar-refractivity contribution in [2.75, 3.05) is 17.3 Å². The number of carbonyl (C=O) groups is 2. The molecule has 2 atom stereocenters. The summed E-state index contributed by atoms with van der Waals surface area (Å²) in [5.74, 6) is -1.27. The molecule has 4 fully saturated rings. The van der Waals surface area contributed by atoms with Gasteiger partial charge in [-0.05, 0) is 56.3 Å². The summed E-state index contributed by atoms with van der Waals surface area (Å²) >= 11 is 4.19. The zero-order valence-corrected chi connectivity index (χ0v) is 18.2. The van der Waals surface area contributed by atoms with Crippen molar-refractivity contribution in [3.05, 3.63) is 0 Å². The molecule has 0 amide bonds. The normalized spacial score (nSPS) is 32.1. The fourth-order valence-electron chi connectivity index (χ4n) is 4.95. The van der Waals surface area contributed by atoms with E-state index in [1.165, 1.54) is 45.4 Å². The van der Waals surface area contributed by atoms with Crippen LogP contribution in [0.15, 0.2) is 0 Å². The molecule has 0 aromatic rings. The average Bonchev–Trinajstić information content (AvgIpc) is 2.57. The molecule has 3 N–H and O–H groups in total. The van der Waals surface area contributed by atoms with Gasteiger partial charge in [0.05, 0.1) is 11.7 Å². The summed E-state index contributed by atoms with van der Waals surface area (Å²) in [6, 6.07) is 0. The first-order valence-corrected chi connectivity index (χ1v) is 11.7. The van der Waals surface area contributed by atoms with E-state index >= 15 is 0 Å². The number of aliphatic carboxylic acids is 1. The van der Waals surface area contributed by atoms with E-state index in [9.17, 15) is 22.8 Å². The number of carboxylic acids is 1. The Morgan fingerprint density at radius 1 is 1.21 bits per heavy atom. The van der Waals surface area contributed by atoms with Crippen molar-refractivity contribution < 1.29 is 32.6 Å². The van der Waals surface area contributed by atoms with Crippen LogP contribution in [0.4, 0.5) is 13.2 Å². The predicted octanol–water partition coefficient (Wildman–Crippen LogP) is 3.76. The summed E-state index contributed by atoms with van der Waals surface area (Å²) in [7, 11) is 0. The molecule has 0 radical (unpaired) electrons. The lowest BCUT2D eigenvalue weighted by molar-refractivity contribution is -0.164. The molecule has 0 saturated heterocycles. The monoisotopic (exact) mass is 457 g/mol. The second-order valence-electron chi connectivity index (χ2n) is 8.76. The van der Waals surface area contributed by atoms with E-state index in [4.69, 9.17) is 10.8 Å². The Labute approximate surface area is 179 Å². The number of carbonyl (C=O) groups excluding carboxylic acids is 1. The second kappa shape index (κ2) is 10.1. The van der Waals surface area contributed by atoms with Gasteiger partial charge in [-0.3, -0.25) is 4.79 Å².